The minimum atomic E-state index is -0.510. The van der Waals surface area contributed by atoms with Crippen LogP contribution in [0.1, 0.15) is 17.3 Å². The largest absolute Gasteiger partial charge is 0.380 e. The number of hydrogen-bond acceptors (Lipinski definition) is 7. The van der Waals surface area contributed by atoms with Crippen LogP contribution in [-0.4, -0.2) is 32.6 Å². The minimum Gasteiger partial charge on any atom is -0.380 e. The molecule has 9 heteroatoms. The Hall–Kier alpha value is -3.10. The topological polar surface area (TPSA) is 123 Å². The van der Waals surface area contributed by atoms with Crippen molar-refractivity contribution in [2.75, 3.05) is 17.2 Å². The second-order valence-electron chi connectivity index (χ2n) is 3.94. The Kier molecular flexibility index (Phi) is 4.34. The number of anilines is 2. The Morgan fingerprint density at radius 2 is 2.19 bits per heavy atom. The third kappa shape index (κ3) is 3.47. The van der Waals surface area contributed by atoms with Crippen molar-refractivity contribution in [3.63, 3.8) is 0 Å². The zero-order valence-corrected chi connectivity index (χ0v) is 11.1. The molecule has 2 N–H and O–H groups in total. The van der Waals surface area contributed by atoms with Crippen molar-refractivity contribution in [1.29, 1.82) is 0 Å². The van der Waals surface area contributed by atoms with Crippen molar-refractivity contribution in [2.45, 2.75) is 6.92 Å². The zero-order valence-electron chi connectivity index (χ0n) is 11.1. The number of amides is 1. The van der Waals surface area contributed by atoms with Gasteiger partial charge in [-0.1, -0.05) is 0 Å². The Bertz CT molecular complexity index is 661. The van der Waals surface area contributed by atoms with Crippen LogP contribution in [0.15, 0.2) is 30.6 Å². The van der Waals surface area contributed by atoms with Gasteiger partial charge in [0.25, 0.3) is 11.6 Å². The van der Waals surface area contributed by atoms with Crippen molar-refractivity contribution in [3.8, 4) is 0 Å². The Morgan fingerprint density at radius 3 is 2.81 bits per heavy atom. The number of hydrogen-bond donors (Lipinski definition) is 2. The van der Waals surface area contributed by atoms with E-state index in [1.807, 2.05) is 0 Å². The van der Waals surface area contributed by atoms with Gasteiger partial charge in [-0.05, 0) is 19.1 Å². The van der Waals surface area contributed by atoms with Gasteiger partial charge in [-0.3, -0.25) is 20.2 Å². The summed E-state index contributed by atoms with van der Waals surface area (Å²) in [5, 5.41) is 23.4. The van der Waals surface area contributed by atoms with Gasteiger partial charge in [-0.2, -0.15) is 5.10 Å². The number of nitro groups is 1. The number of carbonyl (C=O) groups is 1. The number of rotatable bonds is 5. The van der Waals surface area contributed by atoms with Crippen LogP contribution in [0, 0.1) is 10.1 Å². The van der Waals surface area contributed by atoms with Crippen LogP contribution in [0.25, 0.3) is 0 Å². The number of carbonyl (C=O) groups excluding carboxylic acids is 1. The molecule has 9 nitrogen and oxygen atoms in total. The Morgan fingerprint density at radius 1 is 1.38 bits per heavy atom. The molecule has 1 aromatic heterocycles. The summed E-state index contributed by atoms with van der Waals surface area (Å²) in [6, 6.07) is 4.05. The lowest BCUT2D eigenvalue weighted by atomic mass is 10.1. The van der Waals surface area contributed by atoms with Crippen molar-refractivity contribution >= 4 is 23.2 Å². The van der Waals surface area contributed by atoms with Crippen LogP contribution >= 0.6 is 0 Å². The maximum Gasteiger partial charge on any atom is 0.292 e. The van der Waals surface area contributed by atoms with Gasteiger partial charge < -0.3 is 5.32 Å². The molecule has 0 radical (unpaired) electrons. The van der Waals surface area contributed by atoms with Crippen LogP contribution in [0.5, 0.6) is 0 Å². The van der Waals surface area contributed by atoms with Crippen LogP contribution in [0.2, 0.25) is 0 Å². The summed E-state index contributed by atoms with van der Waals surface area (Å²) in [7, 11) is 0. The first-order chi connectivity index (χ1) is 10.1. The van der Waals surface area contributed by atoms with Gasteiger partial charge in [0.15, 0.2) is 0 Å². The van der Waals surface area contributed by atoms with Gasteiger partial charge in [0.2, 0.25) is 5.95 Å². The van der Waals surface area contributed by atoms with Crippen LogP contribution in [0.3, 0.4) is 0 Å². The van der Waals surface area contributed by atoms with E-state index in [4.69, 9.17) is 0 Å². The van der Waals surface area contributed by atoms with E-state index in [0.717, 1.165) is 0 Å². The molecule has 0 saturated carbocycles. The van der Waals surface area contributed by atoms with E-state index in [1.165, 1.54) is 30.6 Å². The molecular weight excluding hydrogens is 276 g/mol. The number of aromatic nitrogens is 3. The van der Waals surface area contributed by atoms with E-state index >= 15 is 0 Å². The van der Waals surface area contributed by atoms with Gasteiger partial charge in [0.05, 0.1) is 17.3 Å². The van der Waals surface area contributed by atoms with Crippen LogP contribution in [-0.2, 0) is 0 Å². The predicted molar refractivity (Wildman–Crippen MR) is 75.0 cm³/mol. The third-order valence-electron chi connectivity index (χ3n) is 2.53. The normalized spacial score (nSPS) is 9.95. The summed E-state index contributed by atoms with van der Waals surface area (Å²) < 4.78 is 0. The molecule has 2 aromatic rings. The summed E-state index contributed by atoms with van der Waals surface area (Å²) in [4.78, 5) is 26.3. The average molecular weight is 288 g/mol. The number of nitrogens with one attached hydrogen (secondary N) is 2. The van der Waals surface area contributed by atoms with Gasteiger partial charge in [-0.15, -0.1) is 5.10 Å². The van der Waals surface area contributed by atoms with E-state index in [9.17, 15) is 14.9 Å². The number of nitro benzene ring substituents is 1. The SMILES string of the molecule is CCNc1cc(C(=O)Nc2nccnn2)ccc1[N+](=O)[O-]. The lowest BCUT2D eigenvalue weighted by Crippen LogP contribution is -2.15. The molecule has 0 aliphatic heterocycles. The van der Waals surface area contributed by atoms with Gasteiger partial charge in [0, 0.05) is 18.2 Å². The zero-order chi connectivity index (χ0) is 15.2. The van der Waals surface area contributed by atoms with Crippen LogP contribution < -0.4 is 10.6 Å². The summed E-state index contributed by atoms with van der Waals surface area (Å²) in [6.45, 7) is 2.30. The van der Waals surface area contributed by atoms with E-state index in [1.54, 1.807) is 6.92 Å². The minimum absolute atomic E-state index is 0.0610. The van der Waals surface area contributed by atoms with Crippen molar-refractivity contribution < 1.29 is 9.72 Å². The fraction of sp³-hybridized carbons (Fsp3) is 0.167. The molecule has 0 fully saturated rings. The molecule has 0 aliphatic carbocycles. The first-order valence-electron chi connectivity index (χ1n) is 6.09. The monoisotopic (exact) mass is 288 g/mol. The molecule has 0 atom stereocenters. The highest BCUT2D eigenvalue weighted by Crippen LogP contribution is 2.25. The quantitative estimate of drug-likeness (QED) is 0.630. The summed E-state index contributed by atoms with van der Waals surface area (Å²) in [6.07, 6.45) is 2.77. The summed E-state index contributed by atoms with van der Waals surface area (Å²) in [5.41, 5.74) is 0.442. The van der Waals surface area contributed by atoms with Gasteiger partial charge >= 0.3 is 0 Å². The molecule has 0 spiro atoms. The van der Waals surface area contributed by atoms with Crippen molar-refractivity contribution in [2.24, 2.45) is 0 Å². The molecular formula is C12H12N6O3. The molecule has 0 unspecified atom stereocenters. The van der Waals surface area contributed by atoms with Gasteiger partial charge in [0.1, 0.15) is 5.69 Å². The van der Waals surface area contributed by atoms with E-state index in [0.29, 0.717) is 6.54 Å². The van der Waals surface area contributed by atoms with Crippen molar-refractivity contribution in [3.05, 3.63) is 46.3 Å². The maximum absolute atomic E-state index is 12.0. The molecule has 1 heterocycles. The highest BCUT2D eigenvalue weighted by molar-refractivity contribution is 6.04. The predicted octanol–water partition coefficient (Wildman–Crippen LogP) is 1.46. The lowest BCUT2D eigenvalue weighted by molar-refractivity contribution is -0.384. The van der Waals surface area contributed by atoms with Crippen molar-refractivity contribution in [1.82, 2.24) is 15.2 Å². The Labute approximate surface area is 119 Å². The fourth-order valence-corrected chi connectivity index (χ4v) is 1.65. The first kappa shape index (κ1) is 14.3. The van der Waals surface area contributed by atoms with E-state index < -0.39 is 10.8 Å². The molecule has 0 bridgehead atoms. The fourth-order valence-electron chi connectivity index (χ4n) is 1.65. The average Bonchev–Trinajstić information content (AvgIpc) is 2.48. The maximum atomic E-state index is 12.0. The summed E-state index contributed by atoms with van der Waals surface area (Å²) >= 11 is 0. The standard InChI is InChI=1S/C12H12N6O3/c1-2-13-9-7-8(3-4-10(9)18(20)21)11(19)16-12-14-5-6-15-17-12/h3-7,13H,2H2,1H3,(H,14,16,17,19). The summed E-state index contributed by atoms with van der Waals surface area (Å²) in [5.74, 6) is -0.414. The van der Waals surface area contributed by atoms with E-state index in [-0.39, 0.29) is 22.9 Å². The molecule has 1 amide bonds. The smallest absolute Gasteiger partial charge is 0.292 e. The second kappa shape index (κ2) is 6.37. The Balaban J connectivity index is 2.25. The molecule has 2 rings (SSSR count). The molecule has 0 aliphatic rings. The molecule has 1 aromatic carbocycles. The molecule has 0 saturated heterocycles. The third-order valence-corrected chi connectivity index (χ3v) is 2.53. The lowest BCUT2D eigenvalue weighted by Gasteiger charge is -2.07. The highest BCUT2D eigenvalue weighted by Gasteiger charge is 2.16. The molecule has 108 valence electrons. The highest BCUT2D eigenvalue weighted by atomic mass is 16.6. The molecule has 21 heavy (non-hydrogen) atoms. The van der Waals surface area contributed by atoms with Gasteiger partial charge in [-0.25, -0.2) is 4.98 Å². The second-order valence-corrected chi connectivity index (χ2v) is 3.94. The number of nitrogens with zero attached hydrogens (tertiary/aromatic N) is 4. The van der Waals surface area contributed by atoms with Crippen LogP contribution in [0.4, 0.5) is 17.3 Å². The number of benzene rings is 1. The van der Waals surface area contributed by atoms with E-state index in [2.05, 4.69) is 25.8 Å². The first-order valence-corrected chi connectivity index (χ1v) is 6.09.